The Hall–Kier alpha value is -4.66. The molecule has 5 aromatic rings. The van der Waals surface area contributed by atoms with E-state index in [-0.39, 0.29) is 11.5 Å². The lowest BCUT2D eigenvalue weighted by Gasteiger charge is -2.10. The molecule has 0 atom stereocenters. The van der Waals surface area contributed by atoms with Crippen molar-refractivity contribution < 1.29 is 4.79 Å². The number of imidazole rings is 1. The van der Waals surface area contributed by atoms with Crippen molar-refractivity contribution in [2.45, 2.75) is 33.2 Å². The van der Waals surface area contributed by atoms with E-state index in [0.29, 0.717) is 23.6 Å². The molecule has 0 fully saturated rings. The third-order valence-electron chi connectivity index (χ3n) is 6.12. The lowest BCUT2D eigenvalue weighted by atomic mass is 10.00. The summed E-state index contributed by atoms with van der Waals surface area (Å²) >= 11 is 0. The maximum Gasteiger partial charge on any atom is 0.333 e. The molecule has 180 valence electrons. The molecule has 3 aromatic heterocycles. The number of aromatic amines is 1. The lowest BCUT2D eigenvalue weighted by Crippen LogP contribution is -2.25. The van der Waals surface area contributed by atoms with Crippen molar-refractivity contribution in [2.75, 3.05) is 0 Å². The largest absolute Gasteiger partial charge is 0.333 e. The van der Waals surface area contributed by atoms with Gasteiger partial charge in [-0.1, -0.05) is 49.7 Å². The highest BCUT2D eigenvalue weighted by Gasteiger charge is 2.17. The first-order chi connectivity index (χ1) is 17.6. The van der Waals surface area contributed by atoms with E-state index in [0.717, 1.165) is 40.8 Å². The van der Waals surface area contributed by atoms with Gasteiger partial charge in [0.1, 0.15) is 0 Å². The Morgan fingerprint density at radius 2 is 1.83 bits per heavy atom. The Labute approximate surface area is 207 Å². The van der Waals surface area contributed by atoms with Crippen molar-refractivity contribution in [1.29, 1.82) is 0 Å². The predicted molar refractivity (Wildman–Crippen MR) is 136 cm³/mol. The molecule has 0 spiro atoms. The number of aromatic nitrogens is 7. The Kier molecular flexibility index (Phi) is 6.36. The van der Waals surface area contributed by atoms with Crippen molar-refractivity contribution in [3.05, 3.63) is 100 Å². The Bertz CT molecular complexity index is 1560. The minimum Gasteiger partial charge on any atom is -0.294 e. The molecule has 36 heavy (non-hydrogen) atoms. The van der Waals surface area contributed by atoms with E-state index in [4.69, 9.17) is 0 Å². The van der Waals surface area contributed by atoms with Crippen molar-refractivity contribution in [2.24, 2.45) is 0 Å². The molecule has 1 N–H and O–H groups in total. The van der Waals surface area contributed by atoms with Crippen LogP contribution in [0.5, 0.6) is 0 Å². The third kappa shape index (κ3) is 4.38. The molecule has 5 rings (SSSR count). The molecule has 3 heterocycles. The summed E-state index contributed by atoms with van der Waals surface area (Å²) in [6.45, 7) is 4.03. The number of H-pyrrole nitrogens is 1. The molecular weight excluding hydrogens is 454 g/mol. The summed E-state index contributed by atoms with van der Waals surface area (Å²) in [5.41, 5.74) is 5.59. The number of nitrogens with zero attached hydrogens (tertiary/aromatic N) is 6. The summed E-state index contributed by atoms with van der Waals surface area (Å²) in [7, 11) is 0. The Balaban J connectivity index is 1.49. The molecule has 0 unspecified atom stereocenters. The van der Waals surface area contributed by atoms with Crippen LogP contribution in [-0.4, -0.2) is 40.5 Å². The van der Waals surface area contributed by atoms with Gasteiger partial charge in [0.05, 0.1) is 12.2 Å². The maximum absolute atomic E-state index is 13.5. The number of ketones is 1. The van der Waals surface area contributed by atoms with Gasteiger partial charge >= 0.3 is 5.69 Å². The fourth-order valence-corrected chi connectivity index (χ4v) is 4.38. The number of hydrogen-bond donors (Lipinski definition) is 1. The summed E-state index contributed by atoms with van der Waals surface area (Å²) in [6, 6.07) is 17.2. The predicted octanol–water partition coefficient (Wildman–Crippen LogP) is 4.08. The standard InChI is InChI=1S/C27H25N7O2/c1-3-6-21-17-34(25-8-5-4-7-22(25)18(2)35)27(36)33(21)16-19-9-11-20(12-10-19)23-13-14-28-15-24(23)26-29-31-32-30-26/h4-5,7-15,17H,3,6,16H2,1-2H3,(H,29,30,31,32). The SMILES string of the molecule is CCCc1cn(-c2ccccc2C(C)=O)c(=O)n1Cc1ccc(-c2ccncc2-c2nn[nH]n2)cc1. The molecule has 0 amide bonds. The molecule has 0 saturated carbocycles. The van der Waals surface area contributed by atoms with Gasteiger partial charge < -0.3 is 0 Å². The number of pyridine rings is 1. The molecule has 9 heteroatoms. The summed E-state index contributed by atoms with van der Waals surface area (Å²) in [4.78, 5) is 29.9. The smallest absolute Gasteiger partial charge is 0.294 e. The van der Waals surface area contributed by atoms with E-state index < -0.39 is 0 Å². The number of aryl methyl sites for hydroxylation is 1. The second kappa shape index (κ2) is 9.91. The zero-order chi connectivity index (χ0) is 25.1. The normalized spacial score (nSPS) is 11.1. The van der Waals surface area contributed by atoms with Crippen LogP contribution in [0.2, 0.25) is 0 Å². The van der Waals surface area contributed by atoms with Crippen molar-refractivity contribution in [3.8, 4) is 28.2 Å². The van der Waals surface area contributed by atoms with Crippen LogP contribution in [0.3, 0.4) is 0 Å². The van der Waals surface area contributed by atoms with E-state index in [1.54, 1.807) is 27.6 Å². The minimum atomic E-state index is -0.162. The van der Waals surface area contributed by atoms with Gasteiger partial charge in [0.15, 0.2) is 5.78 Å². The summed E-state index contributed by atoms with van der Waals surface area (Å²) < 4.78 is 3.37. The first kappa shape index (κ1) is 23.1. The second-order valence-electron chi connectivity index (χ2n) is 8.54. The highest BCUT2D eigenvalue weighted by molar-refractivity contribution is 5.97. The average molecular weight is 480 g/mol. The Morgan fingerprint density at radius 1 is 1.03 bits per heavy atom. The number of carbonyl (C=O) groups is 1. The van der Waals surface area contributed by atoms with Crippen LogP contribution in [0.1, 0.15) is 41.9 Å². The molecule has 0 radical (unpaired) electrons. The van der Waals surface area contributed by atoms with Crippen LogP contribution in [0, 0.1) is 0 Å². The number of benzene rings is 2. The molecule has 2 aromatic carbocycles. The van der Waals surface area contributed by atoms with Crippen LogP contribution >= 0.6 is 0 Å². The minimum absolute atomic E-state index is 0.0748. The Morgan fingerprint density at radius 3 is 2.56 bits per heavy atom. The summed E-state index contributed by atoms with van der Waals surface area (Å²) in [5.74, 6) is 0.402. The number of nitrogens with one attached hydrogen (secondary N) is 1. The first-order valence-corrected chi connectivity index (χ1v) is 11.8. The molecule has 0 aliphatic heterocycles. The van der Waals surface area contributed by atoms with E-state index >= 15 is 0 Å². The zero-order valence-corrected chi connectivity index (χ0v) is 20.0. The van der Waals surface area contributed by atoms with Gasteiger partial charge in [0.2, 0.25) is 5.82 Å². The quantitative estimate of drug-likeness (QED) is 0.336. The second-order valence-corrected chi connectivity index (χ2v) is 8.54. The number of hydrogen-bond acceptors (Lipinski definition) is 6. The van der Waals surface area contributed by atoms with E-state index in [9.17, 15) is 9.59 Å². The van der Waals surface area contributed by atoms with Crippen LogP contribution in [-0.2, 0) is 13.0 Å². The highest BCUT2D eigenvalue weighted by Crippen LogP contribution is 2.29. The number of rotatable bonds is 8. The monoisotopic (exact) mass is 479 g/mol. The van der Waals surface area contributed by atoms with Gasteiger partial charge in [-0.05, 0) is 53.4 Å². The van der Waals surface area contributed by atoms with Gasteiger partial charge in [-0.2, -0.15) is 5.21 Å². The van der Waals surface area contributed by atoms with Gasteiger partial charge in [-0.25, -0.2) is 4.79 Å². The zero-order valence-electron chi connectivity index (χ0n) is 20.0. The van der Waals surface area contributed by atoms with Crippen molar-refractivity contribution in [3.63, 3.8) is 0 Å². The number of Topliss-reactive ketones (excluding diaryl/α,β-unsaturated/α-hetero) is 1. The van der Waals surface area contributed by atoms with E-state index in [1.807, 2.05) is 54.7 Å². The van der Waals surface area contributed by atoms with Crippen LogP contribution in [0.15, 0.2) is 78.0 Å². The third-order valence-corrected chi connectivity index (χ3v) is 6.12. The summed E-state index contributed by atoms with van der Waals surface area (Å²) in [5, 5.41) is 14.3. The van der Waals surface area contributed by atoms with E-state index in [1.165, 1.54) is 6.92 Å². The lowest BCUT2D eigenvalue weighted by molar-refractivity contribution is 0.101. The van der Waals surface area contributed by atoms with E-state index in [2.05, 4.69) is 32.5 Å². The molecule has 0 bridgehead atoms. The fraction of sp³-hybridized carbons (Fsp3) is 0.185. The van der Waals surface area contributed by atoms with Crippen LogP contribution in [0.4, 0.5) is 0 Å². The van der Waals surface area contributed by atoms with Crippen molar-refractivity contribution in [1.82, 2.24) is 34.7 Å². The number of tetrazole rings is 1. The average Bonchev–Trinajstić information content (AvgIpc) is 3.54. The topological polar surface area (TPSA) is 111 Å². The molecule has 9 nitrogen and oxygen atoms in total. The molecule has 0 aliphatic rings. The highest BCUT2D eigenvalue weighted by atomic mass is 16.2. The fourth-order valence-electron chi connectivity index (χ4n) is 4.38. The van der Waals surface area contributed by atoms with Gasteiger partial charge in [0, 0.05) is 35.4 Å². The van der Waals surface area contributed by atoms with Gasteiger partial charge in [-0.15, -0.1) is 10.2 Å². The summed E-state index contributed by atoms with van der Waals surface area (Å²) in [6.07, 6.45) is 6.96. The first-order valence-electron chi connectivity index (χ1n) is 11.8. The van der Waals surface area contributed by atoms with Gasteiger partial charge in [0.25, 0.3) is 0 Å². The van der Waals surface area contributed by atoms with Crippen LogP contribution < -0.4 is 5.69 Å². The molecule has 0 saturated heterocycles. The number of carbonyl (C=O) groups excluding carboxylic acids is 1. The molecule has 0 aliphatic carbocycles. The van der Waals surface area contributed by atoms with Crippen LogP contribution in [0.25, 0.3) is 28.2 Å². The molecular formula is C27H25N7O2. The maximum atomic E-state index is 13.5. The van der Waals surface area contributed by atoms with Crippen molar-refractivity contribution >= 4 is 5.78 Å². The number of para-hydroxylation sites is 1. The van der Waals surface area contributed by atoms with Gasteiger partial charge in [-0.3, -0.25) is 18.9 Å².